The van der Waals surface area contributed by atoms with E-state index in [-0.39, 0.29) is 6.04 Å². The molecule has 0 aliphatic carbocycles. The highest BCUT2D eigenvalue weighted by molar-refractivity contribution is 7.99. The van der Waals surface area contributed by atoms with Crippen molar-refractivity contribution in [2.24, 2.45) is 0 Å². The Hall–Kier alpha value is -0.950. The van der Waals surface area contributed by atoms with Crippen LogP contribution in [0.1, 0.15) is 20.3 Å². The Morgan fingerprint density at radius 2 is 2.00 bits per heavy atom. The second-order valence-corrected chi connectivity index (χ2v) is 4.97. The number of rotatable bonds is 8. The van der Waals surface area contributed by atoms with Crippen LogP contribution in [0.25, 0.3) is 0 Å². The number of aliphatic hydroxyl groups excluding tert-OH is 1. The Morgan fingerprint density at radius 1 is 1.35 bits per heavy atom. The van der Waals surface area contributed by atoms with E-state index in [0.717, 1.165) is 17.9 Å². The number of nitrogens with one attached hydrogen (secondary N) is 2. The third-order valence-corrected chi connectivity index (χ3v) is 3.00. The summed E-state index contributed by atoms with van der Waals surface area (Å²) in [4.78, 5) is 21.9. The van der Waals surface area contributed by atoms with E-state index in [9.17, 15) is 9.59 Å². The smallest absolute Gasteiger partial charge is 0.328 e. The Kier molecular flexibility index (Phi) is 8.61. The van der Waals surface area contributed by atoms with Crippen molar-refractivity contribution >= 4 is 23.8 Å². The SMILES string of the molecule is CCSCCC(C)NC(=O)NC(CO)C(=O)O. The minimum Gasteiger partial charge on any atom is -0.480 e. The first-order valence-corrected chi connectivity index (χ1v) is 6.65. The van der Waals surface area contributed by atoms with Crippen molar-refractivity contribution in [1.82, 2.24) is 10.6 Å². The molecule has 0 fully saturated rings. The van der Waals surface area contributed by atoms with Gasteiger partial charge in [-0.25, -0.2) is 9.59 Å². The molecule has 0 saturated heterocycles. The predicted molar refractivity (Wildman–Crippen MR) is 67.3 cm³/mol. The summed E-state index contributed by atoms with van der Waals surface area (Å²) in [6.07, 6.45) is 0.822. The number of hydrogen-bond acceptors (Lipinski definition) is 4. The number of carbonyl (C=O) groups excluding carboxylic acids is 1. The standard InChI is InChI=1S/C10H20N2O4S/c1-3-17-5-4-7(2)11-10(16)12-8(6-13)9(14)15/h7-8,13H,3-6H2,1-2H3,(H,14,15)(H2,11,12,16). The second-order valence-electron chi connectivity index (χ2n) is 3.58. The molecular weight excluding hydrogens is 244 g/mol. The first-order chi connectivity index (χ1) is 8.01. The second kappa shape index (κ2) is 9.12. The van der Waals surface area contributed by atoms with Gasteiger partial charge in [-0.3, -0.25) is 0 Å². The number of thioether (sulfide) groups is 1. The number of amides is 2. The lowest BCUT2D eigenvalue weighted by Crippen LogP contribution is -2.50. The van der Waals surface area contributed by atoms with Crippen molar-refractivity contribution in [2.45, 2.75) is 32.4 Å². The van der Waals surface area contributed by atoms with E-state index in [0.29, 0.717) is 0 Å². The van der Waals surface area contributed by atoms with Crippen molar-refractivity contribution < 1.29 is 19.8 Å². The molecule has 0 heterocycles. The zero-order valence-electron chi connectivity index (χ0n) is 10.1. The van der Waals surface area contributed by atoms with Crippen molar-refractivity contribution in [3.05, 3.63) is 0 Å². The van der Waals surface area contributed by atoms with Crippen LogP contribution >= 0.6 is 11.8 Å². The Labute approximate surface area is 105 Å². The summed E-state index contributed by atoms with van der Waals surface area (Å²) in [5.74, 6) is 0.724. The van der Waals surface area contributed by atoms with Gasteiger partial charge in [0.15, 0.2) is 6.04 Å². The van der Waals surface area contributed by atoms with Gasteiger partial charge in [0.2, 0.25) is 0 Å². The third kappa shape index (κ3) is 7.87. The molecule has 0 spiro atoms. The van der Waals surface area contributed by atoms with Gasteiger partial charge in [0, 0.05) is 6.04 Å². The maximum Gasteiger partial charge on any atom is 0.328 e. The summed E-state index contributed by atoms with van der Waals surface area (Å²) in [5, 5.41) is 22.2. The first-order valence-electron chi connectivity index (χ1n) is 5.49. The molecule has 7 heteroatoms. The lowest BCUT2D eigenvalue weighted by molar-refractivity contribution is -0.140. The van der Waals surface area contributed by atoms with Gasteiger partial charge in [0.25, 0.3) is 0 Å². The van der Waals surface area contributed by atoms with Gasteiger partial charge in [-0.15, -0.1) is 0 Å². The zero-order valence-corrected chi connectivity index (χ0v) is 10.9. The summed E-state index contributed by atoms with van der Waals surface area (Å²) in [5.41, 5.74) is 0. The van der Waals surface area contributed by atoms with Crippen molar-refractivity contribution in [2.75, 3.05) is 18.1 Å². The number of carboxylic acid groups (broad SMARTS) is 1. The van der Waals surface area contributed by atoms with Crippen LogP contribution in [0.3, 0.4) is 0 Å². The number of urea groups is 1. The van der Waals surface area contributed by atoms with Crippen LogP contribution in [-0.4, -0.2) is 52.4 Å². The van der Waals surface area contributed by atoms with E-state index in [1.54, 1.807) is 11.8 Å². The third-order valence-electron chi connectivity index (χ3n) is 2.06. The number of aliphatic hydroxyl groups is 1. The van der Waals surface area contributed by atoms with Gasteiger partial charge in [-0.2, -0.15) is 11.8 Å². The number of carbonyl (C=O) groups is 2. The van der Waals surface area contributed by atoms with Gasteiger partial charge in [0.1, 0.15) is 0 Å². The molecule has 0 aromatic carbocycles. The minimum atomic E-state index is -1.26. The predicted octanol–water partition coefficient (Wildman–Crippen LogP) is 0.263. The molecular formula is C10H20N2O4S. The Morgan fingerprint density at radius 3 is 2.47 bits per heavy atom. The largest absolute Gasteiger partial charge is 0.480 e. The van der Waals surface area contributed by atoms with Crippen LogP contribution in [0.4, 0.5) is 4.79 Å². The fourth-order valence-corrected chi connectivity index (χ4v) is 1.89. The van der Waals surface area contributed by atoms with E-state index in [1.807, 2.05) is 6.92 Å². The van der Waals surface area contributed by atoms with E-state index in [4.69, 9.17) is 10.2 Å². The molecule has 2 atom stereocenters. The van der Waals surface area contributed by atoms with Crippen LogP contribution in [0.2, 0.25) is 0 Å². The molecule has 0 saturated carbocycles. The molecule has 0 aromatic heterocycles. The summed E-state index contributed by atoms with van der Waals surface area (Å²) in [6, 6.07) is -1.85. The molecule has 100 valence electrons. The summed E-state index contributed by atoms with van der Waals surface area (Å²) >= 11 is 1.78. The average molecular weight is 264 g/mol. The van der Waals surface area contributed by atoms with Gasteiger partial charge in [-0.05, 0) is 24.9 Å². The molecule has 0 bridgehead atoms. The number of hydrogen-bond donors (Lipinski definition) is 4. The van der Waals surface area contributed by atoms with Crippen molar-refractivity contribution in [3.8, 4) is 0 Å². The molecule has 4 N–H and O–H groups in total. The normalized spacial score (nSPS) is 13.8. The zero-order chi connectivity index (χ0) is 13.3. The Balaban J connectivity index is 3.87. The van der Waals surface area contributed by atoms with Crippen molar-refractivity contribution in [3.63, 3.8) is 0 Å². The highest BCUT2D eigenvalue weighted by Gasteiger charge is 2.19. The Bertz CT molecular complexity index is 250. The van der Waals surface area contributed by atoms with E-state index in [1.165, 1.54) is 0 Å². The molecule has 6 nitrogen and oxygen atoms in total. The van der Waals surface area contributed by atoms with E-state index < -0.39 is 24.6 Å². The van der Waals surface area contributed by atoms with Crippen LogP contribution in [0.5, 0.6) is 0 Å². The summed E-state index contributed by atoms with van der Waals surface area (Å²) in [6.45, 7) is 3.29. The quantitative estimate of drug-likeness (QED) is 0.471. The lowest BCUT2D eigenvalue weighted by atomic mass is 10.2. The topological polar surface area (TPSA) is 98.7 Å². The molecule has 2 amide bonds. The maximum atomic E-state index is 11.4. The maximum absolute atomic E-state index is 11.4. The average Bonchev–Trinajstić information content (AvgIpc) is 2.25. The van der Waals surface area contributed by atoms with Crippen LogP contribution in [0, 0.1) is 0 Å². The van der Waals surface area contributed by atoms with Crippen LogP contribution in [0.15, 0.2) is 0 Å². The monoisotopic (exact) mass is 264 g/mol. The molecule has 2 unspecified atom stereocenters. The van der Waals surface area contributed by atoms with E-state index in [2.05, 4.69) is 17.6 Å². The molecule has 0 rings (SSSR count). The van der Waals surface area contributed by atoms with Crippen LogP contribution < -0.4 is 10.6 Å². The molecule has 0 radical (unpaired) electrons. The van der Waals surface area contributed by atoms with E-state index >= 15 is 0 Å². The van der Waals surface area contributed by atoms with Gasteiger partial charge in [-0.1, -0.05) is 6.92 Å². The van der Waals surface area contributed by atoms with Gasteiger partial charge >= 0.3 is 12.0 Å². The first kappa shape index (κ1) is 16.1. The summed E-state index contributed by atoms with van der Waals surface area (Å²) < 4.78 is 0. The van der Waals surface area contributed by atoms with Crippen LogP contribution in [-0.2, 0) is 4.79 Å². The highest BCUT2D eigenvalue weighted by atomic mass is 32.2. The van der Waals surface area contributed by atoms with Crippen molar-refractivity contribution in [1.29, 1.82) is 0 Å². The fraction of sp³-hybridized carbons (Fsp3) is 0.800. The number of aliphatic carboxylic acids is 1. The highest BCUT2D eigenvalue weighted by Crippen LogP contribution is 2.03. The summed E-state index contributed by atoms with van der Waals surface area (Å²) in [7, 11) is 0. The molecule has 0 aromatic rings. The van der Waals surface area contributed by atoms with Gasteiger partial charge in [0.05, 0.1) is 6.61 Å². The number of carboxylic acids is 1. The molecule has 0 aliphatic heterocycles. The molecule has 0 aliphatic rings. The fourth-order valence-electron chi connectivity index (χ4n) is 1.09. The molecule has 17 heavy (non-hydrogen) atoms. The van der Waals surface area contributed by atoms with Gasteiger partial charge < -0.3 is 20.8 Å². The lowest BCUT2D eigenvalue weighted by Gasteiger charge is -2.16. The minimum absolute atomic E-state index is 0.0258.